The van der Waals surface area contributed by atoms with Crippen molar-refractivity contribution < 1.29 is 19.4 Å². The average Bonchev–Trinajstić information content (AvgIpc) is 2.93. The minimum atomic E-state index is -0.896. The van der Waals surface area contributed by atoms with Crippen molar-refractivity contribution in [1.82, 2.24) is 15.2 Å². The number of aromatic amines is 1. The molecule has 104 valence electrons. The predicted octanol–water partition coefficient (Wildman–Crippen LogP) is 1.42. The van der Waals surface area contributed by atoms with E-state index in [1.54, 1.807) is 0 Å². The molecule has 7 nitrogen and oxygen atoms in total. The van der Waals surface area contributed by atoms with Gasteiger partial charge in [-0.1, -0.05) is 11.8 Å². The zero-order valence-corrected chi connectivity index (χ0v) is 11.1. The molecule has 0 amide bonds. The number of rotatable bonds is 4. The van der Waals surface area contributed by atoms with E-state index in [9.17, 15) is 4.79 Å². The Balaban J connectivity index is 1.80. The summed E-state index contributed by atoms with van der Waals surface area (Å²) in [7, 11) is 0. The number of thioether (sulfide) groups is 1. The minimum Gasteiger partial charge on any atom is -0.486 e. The van der Waals surface area contributed by atoms with Gasteiger partial charge in [-0.25, -0.2) is 0 Å². The van der Waals surface area contributed by atoms with E-state index in [-0.39, 0.29) is 5.75 Å². The van der Waals surface area contributed by atoms with Crippen LogP contribution in [-0.4, -0.2) is 45.2 Å². The number of H-pyrrole nitrogens is 1. The van der Waals surface area contributed by atoms with Crippen molar-refractivity contribution in [1.29, 1.82) is 0 Å². The van der Waals surface area contributed by atoms with E-state index >= 15 is 0 Å². The fraction of sp³-hybridized carbons (Fsp3) is 0.250. The predicted molar refractivity (Wildman–Crippen MR) is 71.2 cm³/mol. The Morgan fingerprint density at radius 3 is 2.90 bits per heavy atom. The SMILES string of the molecule is O=C(O)CSc1nnc(-c2ccc3c(c2)OCCO3)[nH]1. The quantitative estimate of drug-likeness (QED) is 0.823. The van der Waals surface area contributed by atoms with Crippen molar-refractivity contribution in [3.63, 3.8) is 0 Å². The second kappa shape index (κ2) is 5.41. The lowest BCUT2D eigenvalue weighted by molar-refractivity contribution is -0.133. The molecule has 0 unspecified atom stereocenters. The van der Waals surface area contributed by atoms with Gasteiger partial charge in [0.25, 0.3) is 0 Å². The number of hydrogen-bond donors (Lipinski definition) is 2. The number of carboxylic acid groups (broad SMARTS) is 1. The molecule has 0 saturated heterocycles. The van der Waals surface area contributed by atoms with E-state index in [0.29, 0.717) is 35.7 Å². The summed E-state index contributed by atoms with van der Waals surface area (Å²) in [5, 5.41) is 17.0. The fourth-order valence-electron chi connectivity index (χ4n) is 1.76. The molecule has 0 aliphatic carbocycles. The van der Waals surface area contributed by atoms with Crippen molar-refractivity contribution in [2.75, 3.05) is 19.0 Å². The van der Waals surface area contributed by atoms with E-state index in [1.807, 2.05) is 18.2 Å². The van der Waals surface area contributed by atoms with Gasteiger partial charge in [-0.05, 0) is 18.2 Å². The highest BCUT2D eigenvalue weighted by Gasteiger charge is 2.14. The Hall–Kier alpha value is -2.22. The summed E-state index contributed by atoms with van der Waals surface area (Å²) in [5.74, 6) is 0.988. The standard InChI is InChI=1S/C12H11N3O4S/c16-10(17)6-20-12-13-11(14-15-12)7-1-2-8-9(5-7)19-4-3-18-8/h1-2,5H,3-4,6H2,(H,16,17)(H,13,14,15). The van der Waals surface area contributed by atoms with Gasteiger partial charge in [-0.3, -0.25) is 4.79 Å². The first-order chi connectivity index (χ1) is 9.72. The largest absolute Gasteiger partial charge is 0.486 e. The average molecular weight is 293 g/mol. The molecule has 1 aromatic heterocycles. The molecule has 0 atom stereocenters. The molecule has 2 heterocycles. The zero-order chi connectivity index (χ0) is 13.9. The topological polar surface area (TPSA) is 97.3 Å². The van der Waals surface area contributed by atoms with E-state index in [0.717, 1.165) is 17.3 Å². The number of fused-ring (bicyclic) bond motifs is 1. The molecule has 1 aromatic carbocycles. The summed E-state index contributed by atoms with van der Waals surface area (Å²) < 4.78 is 10.9. The van der Waals surface area contributed by atoms with Gasteiger partial charge in [-0.15, -0.1) is 10.2 Å². The molecule has 0 fully saturated rings. The first kappa shape index (κ1) is 12.8. The molecule has 0 spiro atoms. The van der Waals surface area contributed by atoms with E-state index < -0.39 is 5.97 Å². The van der Waals surface area contributed by atoms with Crippen LogP contribution in [0.1, 0.15) is 0 Å². The van der Waals surface area contributed by atoms with Crippen molar-refractivity contribution >= 4 is 17.7 Å². The van der Waals surface area contributed by atoms with Gasteiger partial charge in [0.1, 0.15) is 13.2 Å². The van der Waals surface area contributed by atoms with Crippen LogP contribution in [0.25, 0.3) is 11.4 Å². The Kier molecular flexibility index (Phi) is 3.46. The molecule has 2 aromatic rings. The first-order valence-corrected chi connectivity index (χ1v) is 6.88. The van der Waals surface area contributed by atoms with Crippen LogP contribution in [-0.2, 0) is 4.79 Å². The molecular weight excluding hydrogens is 282 g/mol. The Morgan fingerprint density at radius 2 is 2.10 bits per heavy atom. The zero-order valence-electron chi connectivity index (χ0n) is 10.3. The van der Waals surface area contributed by atoms with Crippen LogP contribution in [0.15, 0.2) is 23.4 Å². The summed E-state index contributed by atoms with van der Waals surface area (Å²) in [6.07, 6.45) is 0. The van der Waals surface area contributed by atoms with Crippen LogP contribution >= 0.6 is 11.8 Å². The van der Waals surface area contributed by atoms with Gasteiger partial charge < -0.3 is 19.6 Å². The number of nitrogens with one attached hydrogen (secondary N) is 1. The Labute approximate surface area is 118 Å². The van der Waals surface area contributed by atoms with Gasteiger partial charge in [0, 0.05) is 5.56 Å². The van der Waals surface area contributed by atoms with Crippen LogP contribution < -0.4 is 9.47 Å². The summed E-state index contributed by atoms with van der Waals surface area (Å²) in [5.41, 5.74) is 0.809. The summed E-state index contributed by atoms with van der Waals surface area (Å²) in [6.45, 7) is 1.07. The molecule has 3 rings (SSSR count). The number of carbonyl (C=O) groups is 1. The molecule has 20 heavy (non-hydrogen) atoms. The maximum atomic E-state index is 10.5. The Bertz CT molecular complexity index is 643. The van der Waals surface area contributed by atoms with Gasteiger partial charge in [0.2, 0.25) is 0 Å². The highest BCUT2D eigenvalue weighted by atomic mass is 32.2. The maximum Gasteiger partial charge on any atom is 0.313 e. The third-order valence-corrected chi connectivity index (χ3v) is 3.46. The number of benzene rings is 1. The van der Waals surface area contributed by atoms with Crippen molar-refractivity contribution in [3.05, 3.63) is 18.2 Å². The number of ether oxygens (including phenoxy) is 2. The minimum absolute atomic E-state index is 0.0597. The lowest BCUT2D eigenvalue weighted by atomic mass is 10.2. The number of nitrogens with zero attached hydrogens (tertiary/aromatic N) is 2. The van der Waals surface area contributed by atoms with Crippen LogP contribution in [0.3, 0.4) is 0 Å². The van der Waals surface area contributed by atoms with Crippen molar-refractivity contribution in [2.45, 2.75) is 5.16 Å². The highest BCUT2D eigenvalue weighted by Crippen LogP contribution is 2.33. The third kappa shape index (κ3) is 2.69. The van der Waals surface area contributed by atoms with Crippen LogP contribution in [0.4, 0.5) is 0 Å². The second-order valence-electron chi connectivity index (χ2n) is 4.02. The first-order valence-electron chi connectivity index (χ1n) is 5.89. The van der Waals surface area contributed by atoms with Crippen molar-refractivity contribution in [2.24, 2.45) is 0 Å². The summed E-state index contributed by atoms with van der Waals surface area (Å²) in [4.78, 5) is 13.5. The monoisotopic (exact) mass is 293 g/mol. The molecular formula is C12H11N3O4S. The summed E-state index contributed by atoms with van der Waals surface area (Å²) >= 11 is 1.09. The molecule has 0 radical (unpaired) electrons. The molecule has 0 saturated carbocycles. The molecule has 1 aliphatic heterocycles. The van der Waals surface area contributed by atoms with Gasteiger partial charge >= 0.3 is 5.97 Å². The number of aromatic nitrogens is 3. The maximum absolute atomic E-state index is 10.5. The molecule has 1 aliphatic rings. The third-order valence-electron chi connectivity index (χ3n) is 2.61. The van der Waals surface area contributed by atoms with Crippen LogP contribution in [0, 0.1) is 0 Å². The Morgan fingerprint density at radius 1 is 1.30 bits per heavy atom. The fourth-order valence-corrected chi connectivity index (χ4v) is 2.29. The normalized spacial score (nSPS) is 13.2. The van der Waals surface area contributed by atoms with E-state index in [1.165, 1.54) is 0 Å². The number of aliphatic carboxylic acids is 1. The van der Waals surface area contributed by atoms with Crippen LogP contribution in [0.2, 0.25) is 0 Å². The molecule has 8 heteroatoms. The molecule has 2 N–H and O–H groups in total. The number of carboxylic acids is 1. The van der Waals surface area contributed by atoms with Crippen molar-refractivity contribution in [3.8, 4) is 22.9 Å². The molecule has 0 bridgehead atoms. The smallest absolute Gasteiger partial charge is 0.313 e. The van der Waals surface area contributed by atoms with Gasteiger partial charge in [-0.2, -0.15) is 0 Å². The van der Waals surface area contributed by atoms with Crippen LogP contribution in [0.5, 0.6) is 11.5 Å². The highest BCUT2D eigenvalue weighted by molar-refractivity contribution is 7.99. The summed E-state index contributed by atoms with van der Waals surface area (Å²) in [6, 6.07) is 5.48. The van der Waals surface area contributed by atoms with Gasteiger partial charge in [0.15, 0.2) is 22.5 Å². The second-order valence-corrected chi connectivity index (χ2v) is 4.98. The van der Waals surface area contributed by atoms with Gasteiger partial charge in [0.05, 0.1) is 5.75 Å². The van der Waals surface area contributed by atoms with E-state index in [2.05, 4.69) is 15.2 Å². The lowest BCUT2D eigenvalue weighted by Gasteiger charge is -2.18. The lowest BCUT2D eigenvalue weighted by Crippen LogP contribution is -2.15. The van der Waals surface area contributed by atoms with E-state index in [4.69, 9.17) is 14.6 Å². The number of hydrogen-bond acceptors (Lipinski definition) is 6.